The minimum absolute atomic E-state index is 0.128. The Morgan fingerprint density at radius 1 is 1.11 bits per heavy atom. The fraction of sp³-hybridized carbons (Fsp3) is 0.211. The van der Waals surface area contributed by atoms with Crippen molar-refractivity contribution in [3.05, 3.63) is 60.4 Å². The SMILES string of the molecule is C[C@@H](CO)Nc1nc(Nc2cccc(C(F)(F)F)c2)cc(-c2cccnc2)n1. The third-order valence-corrected chi connectivity index (χ3v) is 3.80. The van der Waals surface area contributed by atoms with Gasteiger partial charge in [-0.1, -0.05) is 6.07 Å². The lowest BCUT2D eigenvalue weighted by Crippen LogP contribution is -2.21. The van der Waals surface area contributed by atoms with Gasteiger partial charge in [-0.25, -0.2) is 4.98 Å². The molecule has 3 rings (SSSR count). The van der Waals surface area contributed by atoms with Gasteiger partial charge in [0.15, 0.2) is 0 Å². The average molecular weight is 389 g/mol. The molecule has 0 aliphatic heterocycles. The molecule has 9 heteroatoms. The fourth-order valence-corrected chi connectivity index (χ4v) is 2.43. The van der Waals surface area contributed by atoms with E-state index in [1.54, 1.807) is 31.5 Å². The summed E-state index contributed by atoms with van der Waals surface area (Å²) < 4.78 is 38.8. The summed E-state index contributed by atoms with van der Waals surface area (Å²) in [5.41, 5.74) is 0.736. The van der Waals surface area contributed by atoms with Crippen molar-refractivity contribution < 1.29 is 18.3 Å². The van der Waals surface area contributed by atoms with Crippen molar-refractivity contribution in [2.75, 3.05) is 17.2 Å². The van der Waals surface area contributed by atoms with Gasteiger partial charge in [0.1, 0.15) is 5.82 Å². The van der Waals surface area contributed by atoms with E-state index in [0.29, 0.717) is 11.5 Å². The van der Waals surface area contributed by atoms with Crippen LogP contribution in [0.25, 0.3) is 11.3 Å². The summed E-state index contributed by atoms with van der Waals surface area (Å²) in [4.78, 5) is 12.7. The Kier molecular flexibility index (Phi) is 5.74. The largest absolute Gasteiger partial charge is 0.416 e. The number of hydrogen-bond acceptors (Lipinski definition) is 6. The zero-order valence-corrected chi connectivity index (χ0v) is 14.9. The van der Waals surface area contributed by atoms with Gasteiger partial charge in [0.25, 0.3) is 0 Å². The predicted molar refractivity (Wildman–Crippen MR) is 100 cm³/mol. The second-order valence-electron chi connectivity index (χ2n) is 6.14. The van der Waals surface area contributed by atoms with Gasteiger partial charge >= 0.3 is 6.18 Å². The topological polar surface area (TPSA) is 83.0 Å². The number of benzene rings is 1. The zero-order chi connectivity index (χ0) is 20.1. The van der Waals surface area contributed by atoms with E-state index in [0.717, 1.165) is 17.7 Å². The fourth-order valence-electron chi connectivity index (χ4n) is 2.43. The Balaban J connectivity index is 1.96. The summed E-state index contributed by atoms with van der Waals surface area (Å²) in [5, 5.41) is 15.1. The van der Waals surface area contributed by atoms with Crippen LogP contribution in [0.3, 0.4) is 0 Å². The average Bonchev–Trinajstić information content (AvgIpc) is 2.68. The molecule has 6 nitrogen and oxygen atoms in total. The predicted octanol–water partition coefficient (Wildman–Crippen LogP) is 4.09. The first kappa shape index (κ1) is 19.6. The first-order valence-corrected chi connectivity index (χ1v) is 8.46. The first-order chi connectivity index (χ1) is 13.3. The van der Waals surface area contributed by atoms with Crippen molar-refractivity contribution in [3.8, 4) is 11.3 Å². The van der Waals surface area contributed by atoms with Crippen LogP contribution in [0.4, 0.5) is 30.6 Å². The van der Waals surface area contributed by atoms with Crippen LogP contribution < -0.4 is 10.6 Å². The lowest BCUT2D eigenvalue weighted by atomic mass is 10.2. The maximum absolute atomic E-state index is 12.9. The van der Waals surface area contributed by atoms with Crippen LogP contribution in [0.15, 0.2) is 54.9 Å². The van der Waals surface area contributed by atoms with Gasteiger partial charge in [-0.15, -0.1) is 0 Å². The van der Waals surface area contributed by atoms with Crippen LogP contribution in [-0.2, 0) is 6.18 Å². The molecule has 0 spiro atoms. The molecule has 28 heavy (non-hydrogen) atoms. The highest BCUT2D eigenvalue weighted by atomic mass is 19.4. The molecule has 0 fully saturated rings. The monoisotopic (exact) mass is 389 g/mol. The van der Waals surface area contributed by atoms with E-state index in [4.69, 9.17) is 0 Å². The number of pyridine rings is 1. The third kappa shape index (κ3) is 4.95. The number of nitrogens with zero attached hydrogens (tertiary/aromatic N) is 3. The van der Waals surface area contributed by atoms with Crippen LogP contribution in [0.1, 0.15) is 12.5 Å². The van der Waals surface area contributed by atoms with E-state index in [1.807, 2.05) is 6.07 Å². The summed E-state index contributed by atoms with van der Waals surface area (Å²) in [6.07, 6.45) is -1.19. The Labute approximate surface area is 159 Å². The van der Waals surface area contributed by atoms with E-state index in [1.165, 1.54) is 12.1 Å². The van der Waals surface area contributed by atoms with Gasteiger partial charge in [0, 0.05) is 35.8 Å². The van der Waals surface area contributed by atoms with E-state index in [-0.39, 0.29) is 24.3 Å². The van der Waals surface area contributed by atoms with Gasteiger partial charge in [-0.2, -0.15) is 18.2 Å². The standard InChI is InChI=1S/C19H18F3N5O/c1-12(11-28)24-18-26-16(13-4-3-7-23-10-13)9-17(27-18)25-15-6-2-5-14(8-15)19(20,21)22/h2-10,12,28H,11H2,1H3,(H2,24,25,26,27)/t12-/m0/s1. The normalized spacial score (nSPS) is 12.5. The van der Waals surface area contributed by atoms with Crippen molar-refractivity contribution in [2.24, 2.45) is 0 Å². The van der Waals surface area contributed by atoms with Gasteiger partial charge in [-0.3, -0.25) is 4.98 Å². The molecule has 3 aromatic rings. The summed E-state index contributed by atoms with van der Waals surface area (Å²) in [6, 6.07) is 9.73. The maximum Gasteiger partial charge on any atom is 0.416 e. The Morgan fingerprint density at radius 2 is 1.93 bits per heavy atom. The van der Waals surface area contributed by atoms with Crippen LogP contribution in [0, 0.1) is 0 Å². The molecule has 2 heterocycles. The molecule has 3 N–H and O–H groups in total. The molecule has 0 aliphatic carbocycles. The highest BCUT2D eigenvalue weighted by Gasteiger charge is 2.30. The molecule has 0 radical (unpaired) electrons. The third-order valence-electron chi connectivity index (χ3n) is 3.80. The van der Waals surface area contributed by atoms with Gasteiger partial charge in [0.05, 0.1) is 17.9 Å². The number of alkyl halides is 3. The Morgan fingerprint density at radius 3 is 2.61 bits per heavy atom. The van der Waals surface area contributed by atoms with Gasteiger partial charge < -0.3 is 15.7 Å². The number of hydrogen-bond donors (Lipinski definition) is 3. The van der Waals surface area contributed by atoms with Crippen LogP contribution in [-0.4, -0.2) is 32.7 Å². The number of rotatable bonds is 6. The number of aromatic nitrogens is 3. The Hall–Kier alpha value is -3.20. The van der Waals surface area contributed by atoms with Crippen molar-refractivity contribution in [3.63, 3.8) is 0 Å². The molecule has 1 atom stereocenters. The number of nitrogens with one attached hydrogen (secondary N) is 2. The highest BCUT2D eigenvalue weighted by molar-refractivity contribution is 5.67. The molecule has 0 bridgehead atoms. The zero-order valence-electron chi connectivity index (χ0n) is 14.9. The van der Waals surface area contributed by atoms with Crippen molar-refractivity contribution >= 4 is 17.5 Å². The van der Waals surface area contributed by atoms with Crippen LogP contribution in [0.5, 0.6) is 0 Å². The highest BCUT2D eigenvalue weighted by Crippen LogP contribution is 2.31. The molecule has 0 unspecified atom stereocenters. The van der Waals surface area contributed by atoms with E-state index in [9.17, 15) is 18.3 Å². The first-order valence-electron chi connectivity index (χ1n) is 8.46. The lowest BCUT2D eigenvalue weighted by Gasteiger charge is -2.15. The summed E-state index contributed by atoms with van der Waals surface area (Å²) in [7, 11) is 0. The number of aliphatic hydroxyl groups excluding tert-OH is 1. The lowest BCUT2D eigenvalue weighted by molar-refractivity contribution is -0.137. The Bertz CT molecular complexity index is 934. The summed E-state index contributed by atoms with van der Waals surface area (Å²) >= 11 is 0. The van der Waals surface area contributed by atoms with Crippen molar-refractivity contribution in [1.29, 1.82) is 0 Å². The molecule has 0 saturated carbocycles. The maximum atomic E-state index is 12.9. The minimum Gasteiger partial charge on any atom is -0.394 e. The smallest absolute Gasteiger partial charge is 0.394 e. The number of aliphatic hydroxyl groups is 1. The minimum atomic E-state index is -4.44. The van der Waals surface area contributed by atoms with Gasteiger partial charge in [0.2, 0.25) is 5.95 Å². The second kappa shape index (κ2) is 8.22. The number of halogens is 3. The van der Waals surface area contributed by atoms with E-state index < -0.39 is 11.7 Å². The number of anilines is 3. The van der Waals surface area contributed by atoms with Crippen molar-refractivity contribution in [1.82, 2.24) is 15.0 Å². The molecular weight excluding hydrogens is 371 g/mol. The molecule has 2 aromatic heterocycles. The second-order valence-corrected chi connectivity index (χ2v) is 6.14. The van der Waals surface area contributed by atoms with Gasteiger partial charge in [-0.05, 0) is 37.3 Å². The molecule has 146 valence electrons. The molecule has 1 aromatic carbocycles. The summed E-state index contributed by atoms with van der Waals surface area (Å²) in [5.74, 6) is 0.540. The van der Waals surface area contributed by atoms with Crippen molar-refractivity contribution in [2.45, 2.75) is 19.1 Å². The quantitative estimate of drug-likeness (QED) is 0.589. The van der Waals surface area contributed by atoms with E-state index >= 15 is 0 Å². The molecule has 0 saturated heterocycles. The molecule has 0 amide bonds. The summed E-state index contributed by atoms with van der Waals surface area (Å²) in [6.45, 7) is 1.62. The van der Waals surface area contributed by atoms with Crippen LogP contribution in [0.2, 0.25) is 0 Å². The van der Waals surface area contributed by atoms with Crippen LogP contribution >= 0.6 is 0 Å². The molecular formula is C19H18F3N5O. The molecule has 0 aliphatic rings. The van der Waals surface area contributed by atoms with E-state index in [2.05, 4.69) is 25.6 Å².